The molecule has 76 valence electrons. The zero-order chi connectivity index (χ0) is 10.7. The van der Waals surface area contributed by atoms with Gasteiger partial charge in [-0.3, -0.25) is 4.79 Å². The van der Waals surface area contributed by atoms with E-state index in [-0.39, 0.29) is 6.10 Å². The van der Waals surface area contributed by atoms with Crippen LogP contribution in [0, 0.1) is 13.8 Å². The Hall–Kier alpha value is -1.31. The van der Waals surface area contributed by atoms with Gasteiger partial charge in [0.1, 0.15) is 5.75 Å². The van der Waals surface area contributed by atoms with E-state index in [9.17, 15) is 4.79 Å². The van der Waals surface area contributed by atoms with E-state index >= 15 is 0 Å². The van der Waals surface area contributed by atoms with Crippen LogP contribution in [0.1, 0.15) is 35.3 Å². The van der Waals surface area contributed by atoms with E-state index in [4.69, 9.17) is 4.74 Å². The number of ether oxygens (including phenoxy) is 1. The summed E-state index contributed by atoms with van der Waals surface area (Å²) in [6.45, 7) is 7.81. The highest BCUT2D eigenvalue weighted by Gasteiger charge is 2.05. The fraction of sp³-hybridized carbons (Fsp3) is 0.417. The molecule has 0 saturated heterocycles. The number of hydrogen-bond acceptors (Lipinski definition) is 2. The third-order valence-corrected chi connectivity index (χ3v) is 2.06. The fourth-order valence-corrected chi connectivity index (χ4v) is 1.46. The van der Waals surface area contributed by atoms with Crippen LogP contribution >= 0.6 is 0 Å². The predicted octanol–water partition coefficient (Wildman–Crippen LogP) is 2.90. The van der Waals surface area contributed by atoms with E-state index in [2.05, 4.69) is 0 Å². The smallest absolute Gasteiger partial charge is 0.150 e. The quantitative estimate of drug-likeness (QED) is 0.688. The minimum atomic E-state index is 0.163. The van der Waals surface area contributed by atoms with Crippen LogP contribution in [0.5, 0.6) is 5.75 Å². The van der Waals surface area contributed by atoms with Crippen molar-refractivity contribution in [2.24, 2.45) is 0 Å². The molecule has 0 aromatic heterocycles. The predicted molar refractivity (Wildman–Crippen MR) is 57.1 cm³/mol. The van der Waals surface area contributed by atoms with Gasteiger partial charge in [-0.25, -0.2) is 0 Å². The van der Waals surface area contributed by atoms with Crippen LogP contribution in [0.2, 0.25) is 0 Å². The number of rotatable bonds is 3. The van der Waals surface area contributed by atoms with E-state index < -0.39 is 0 Å². The first-order valence-corrected chi connectivity index (χ1v) is 4.77. The topological polar surface area (TPSA) is 26.3 Å². The molecule has 1 rings (SSSR count). The Labute approximate surface area is 84.9 Å². The maximum atomic E-state index is 10.7. The molecule has 0 radical (unpaired) electrons. The van der Waals surface area contributed by atoms with Gasteiger partial charge in [-0.2, -0.15) is 0 Å². The van der Waals surface area contributed by atoms with Crippen LogP contribution in [-0.2, 0) is 0 Å². The normalized spacial score (nSPS) is 10.4. The number of aldehydes is 1. The fourth-order valence-electron chi connectivity index (χ4n) is 1.46. The van der Waals surface area contributed by atoms with Gasteiger partial charge in [-0.15, -0.1) is 0 Å². The Balaban J connectivity index is 3.07. The summed E-state index contributed by atoms with van der Waals surface area (Å²) in [4.78, 5) is 10.7. The minimum absolute atomic E-state index is 0.163. The Bertz CT molecular complexity index is 317. The van der Waals surface area contributed by atoms with Crippen molar-refractivity contribution < 1.29 is 9.53 Å². The Morgan fingerprint density at radius 2 is 1.71 bits per heavy atom. The lowest BCUT2D eigenvalue weighted by atomic mass is 10.0. The van der Waals surface area contributed by atoms with Gasteiger partial charge >= 0.3 is 0 Å². The molecule has 0 amide bonds. The number of carbonyl (C=O) groups excluding carboxylic acids is 1. The largest absolute Gasteiger partial charge is 0.491 e. The summed E-state index contributed by atoms with van der Waals surface area (Å²) in [7, 11) is 0. The van der Waals surface area contributed by atoms with Gasteiger partial charge in [-0.1, -0.05) is 0 Å². The van der Waals surface area contributed by atoms with Crippen molar-refractivity contribution in [2.75, 3.05) is 0 Å². The highest BCUT2D eigenvalue weighted by molar-refractivity contribution is 5.80. The third kappa shape index (κ3) is 2.34. The van der Waals surface area contributed by atoms with Gasteiger partial charge < -0.3 is 4.74 Å². The first-order chi connectivity index (χ1) is 6.54. The first-order valence-electron chi connectivity index (χ1n) is 4.77. The first kappa shape index (κ1) is 10.8. The molecule has 0 aliphatic heterocycles. The van der Waals surface area contributed by atoms with Gasteiger partial charge in [0.15, 0.2) is 6.29 Å². The molecule has 0 N–H and O–H groups in total. The van der Waals surface area contributed by atoms with E-state index in [1.54, 1.807) is 0 Å². The minimum Gasteiger partial charge on any atom is -0.491 e. The lowest BCUT2D eigenvalue weighted by Gasteiger charge is -2.12. The molecule has 0 saturated carbocycles. The van der Waals surface area contributed by atoms with E-state index in [0.29, 0.717) is 0 Å². The molecule has 14 heavy (non-hydrogen) atoms. The van der Waals surface area contributed by atoms with E-state index in [0.717, 1.165) is 28.7 Å². The number of carbonyl (C=O) groups is 1. The Kier molecular flexibility index (Phi) is 3.28. The van der Waals surface area contributed by atoms with E-state index in [1.165, 1.54) is 0 Å². The van der Waals surface area contributed by atoms with Gasteiger partial charge in [0.25, 0.3) is 0 Å². The Morgan fingerprint density at radius 3 is 2.07 bits per heavy atom. The second kappa shape index (κ2) is 4.27. The molecule has 2 nitrogen and oxygen atoms in total. The van der Waals surface area contributed by atoms with Crippen LogP contribution in [0.4, 0.5) is 0 Å². The van der Waals surface area contributed by atoms with Crippen molar-refractivity contribution in [3.63, 3.8) is 0 Å². The maximum Gasteiger partial charge on any atom is 0.150 e. The van der Waals surface area contributed by atoms with Crippen LogP contribution in [0.25, 0.3) is 0 Å². The van der Waals surface area contributed by atoms with Crippen LogP contribution in [-0.4, -0.2) is 12.4 Å². The van der Waals surface area contributed by atoms with Crippen molar-refractivity contribution in [1.29, 1.82) is 0 Å². The summed E-state index contributed by atoms with van der Waals surface area (Å²) >= 11 is 0. The molecule has 0 spiro atoms. The summed E-state index contributed by atoms with van der Waals surface area (Å²) in [5.41, 5.74) is 2.70. The van der Waals surface area contributed by atoms with Gasteiger partial charge in [0.05, 0.1) is 6.10 Å². The average Bonchev–Trinajstić information content (AvgIpc) is 2.01. The molecule has 0 aliphatic rings. The zero-order valence-corrected chi connectivity index (χ0v) is 9.13. The monoisotopic (exact) mass is 192 g/mol. The van der Waals surface area contributed by atoms with Crippen LogP contribution in [0.15, 0.2) is 12.1 Å². The zero-order valence-electron chi connectivity index (χ0n) is 9.13. The lowest BCUT2D eigenvalue weighted by molar-refractivity contribution is 0.112. The summed E-state index contributed by atoms with van der Waals surface area (Å²) in [6.07, 6.45) is 1.06. The second-order valence-corrected chi connectivity index (χ2v) is 3.76. The van der Waals surface area contributed by atoms with Crippen molar-refractivity contribution in [3.05, 3.63) is 28.8 Å². The second-order valence-electron chi connectivity index (χ2n) is 3.76. The summed E-state index contributed by atoms with van der Waals surface area (Å²) < 4.78 is 5.56. The molecule has 0 unspecified atom stereocenters. The molecule has 2 heteroatoms. The van der Waals surface area contributed by atoms with Gasteiger partial charge in [0, 0.05) is 5.56 Å². The average molecular weight is 192 g/mol. The number of hydrogen-bond donors (Lipinski definition) is 0. The summed E-state index contributed by atoms with van der Waals surface area (Å²) in [5, 5.41) is 0. The van der Waals surface area contributed by atoms with Crippen LogP contribution < -0.4 is 4.74 Å². The molecule has 0 atom stereocenters. The molecule has 1 aromatic carbocycles. The molecule has 0 heterocycles. The van der Waals surface area contributed by atoms with Crippen molar-refractivity contribution in [1.82, 2.24) is 0 Å². The molecular formula is C12H16O2. The van der Waals surface area contributed by atoms with Crippen molar-refractivity contribution in [2.45, 2.75) is 33.8 Å². The molecule has 0 bridgehead atoms. The van der Waals surface area contributed by atoms with Gasteiger partial charge in [0.2, 0.25) is 0 Å². The van der Waals surface area contributed by atoms with Crippen molar-refractivity contribution >= 4 is 6.29 Å². The Morgan fingerprint density at radius 1 is 1.21 bits per heavy atom. The van der Waals surface area contributed by atoms with Gasteiger partial charge in [-0.05, 0) is 51.0 Å². The third-order valence-electron chi connectivity index (χ3n) is 2.06. The SMILES string of the molecule is Cc1cc(OC(C)C)cc(C)c1C=O. The summed E-state index contributed by atoms with van der Waals surface area (Å²) in [6, 6.07) is 3.80. The molecule has 0 fully saturated rings. The molecule has 0 aliphatic carbocycles. The van der Waals surface area contributed by atoms with Crippen LogP contribution in [0.3, 0.4) is 0 Å². The highest BCUT2D eigenvalue weighted by Crippen LogP contribution is 2.21. The lowest BCUT2D eigenvalue weighted by Crippen LogP contribution is -2.06. The summed E-state index contributed by atoms with van der Waals surface area (Å²) in [5.74, 6) is 0.834. The standard InChI is InChI=1S/C12H16O2/c1-8(2)14-11-5-9(3)12(7-13)10(4)6-11/h5-8H,1-4H3. The maximum absolute atomic E-state index is 10.7. The number of aryl methyl sites for hydroxylation is 2. The van der Waals surface area contributed by atoms with E-state index in [1.807, 2.05) is 39.8 Å². The molecule has 1 aromatic rings. The van der Waals surface area contributed by atoms with Crippen molar-refractivity contribution in [3.8, 4) is 5.75 Å². The number of benzene rings is 1. The highest BCUT2D eigenvalue weighted by atomic mass is 16.5. The molecular weight excluding hydrogens is 176 g/mol.